The molecule has 0 fully saturated rings. The third-order valence-corrected chi connectivity index (χ3v) is 3.03. The highest BCUT2D eigenvalue weighted by atomic mass is 79.9. The van der Waals surface area contributed by atoms with Gasteiger partial charge in [-0.3, -0.25) is 0 Å². The van der Waals surface area contributed by atoms with Crippen molar-refractivity contribution in [2.75, 3.05) is 6.61 Å². The largest absolute Gasteiger partial charge is 0.507 e. The van der Waals surface area contributed by atoms with Gasteiger partial charge >= 0.3 is 11.9 Å². The minimum Gasteiger partial charge on any atom is -0.507 e. The Hall–Kier alpha value is -1.21. The number of esters is 1. The number of aromatic hydroxyl groups is 1. The first kappa shape index (κ1) is 15.8. The van der Waals surface area contributed by atoms with Gasteiger partial charge in [0.25, 0.3) is 0 Å². The second-order valence-electron chi connectivity index (χ2n) is 3.98. The number of hydrogen-bond acceptors (Lipinski definition) is 4. The van der Waals surface area contributed by atoms with Crippen molar-refractivity contribution in [3.8, 4) is 5.75 Å². The molecule has 0 heterocycles. The number of carbonyl (C=O) groups is 1. The molecular weight excluding hydrogens is 324 g/mol. The van der Waals surface area contributed by atoms with Crippen molar-refractivity contribution in [3.63, 3.8) is 0 Å². The van der Waals surface area contributed by atoms with Crippen molar-refractivity contribution in [3.05, 3.63) is 27.7 Å². The van der Waals surface area contributed by atoms with Crippen molar-refractivity contribution in [2.24, 2.45) is 5.73 Å². The maximum atomic E-state index is 13.8. The van der Waals surface area contributed by atoms with Crippen molar-refractivity contribution in [2.45, 2.75) is 25.8 Å². The summed E-state index contributed by atoms with van der Waals surface area (Å²) in [6.45, 7) is 2.78. The molecule has 7 heteroatoms. The summed E-state index contributed by atoms with van der Waals surface area (Å²) in [5.41, 5.74) is 5.57. The van der Waals surface area contributed by atoms with Gasteiger partial charge in [0.15, 0.2) is 0 Å². The number of ether oxygens (including phenoxy) is 1. The molecule has 19 heavy (non-hydrogen) atoms. The van der Waals surface area contributed by atoms with Gasteiger partial charge in [0, 0.05) is 10.0 Å². The van der Waals surface area contributed by atoms with Gasteiger partial charge < -0.3 is 15.6 Å². The SMILES string of the molecule is CCOC(=O)C(F)(F)[C@@H](N)c1cc(Br)cc(C)c1O. The lowest BCUT2D eigenvalue weighted by molar-refractivity contribution is -0.174. The minimum absolute atomic E-state index is 0.176. The van der Waals surface area contributed by atoms with Gasteiger partial charge in [0.05, 0.1) is 6.61 Å². The molecule has 0 amide bonds. The maximum Gasteiger partial charge on any atom is 0.379 e. The highest BCUT2D eigenvalue weighted by molar-refractivity contribution is 9.10. The summed E-state index contributed by atoms with van der Waals surface area (Å²) in [4.78, 5) is 11.2. The molecule has 1 aromatic rings. The van der Waals surface area contributed by atoms with E-state index >= 15 is 0 Å². The van der Waals surface area contributed by atoms with E-state index in [0.717, 1.165) is 0 Å². The van der Waals surface area contributed by atoms with Crippen LogP contribution in [0.3, 0.4) is 0 Å². The van der Waals surface area contributed by atoms with Crippen LogP contribution in [0.5, 0.6) is 5.75 Å². The molecule has 0 radical (unpaired) electrons. The number of aryl methyl sites for hydroxylation is 1. The smallest absolute Gasteiger partial charge is 0.379 e. The molecule has 106 valence electrons. The Kier molecular flexibility index (Phi) is 4.86. The molecule has 0 saturated carbocycles. The van der Waals surface area contributed by atoms with Crippen LogP contribution < -0.4 is 5.73 Å². The van der Waals surface area contributed by atoms with E-state index in [9.17, 15) is 18.7 Å². The number of benzene rings is 1. The monoisotopic (exact) mass is 337 g/mol. The number of nitrogens with two attached hydrogens (primary N) is 1. The molecule has 0 aliphatic carbocycles. The first-order valence-corrected chi connectivity index (χ1v) is 6.30. The number of phenols is 1. The second kappa shape index (κ2) is 5.83. The molecule has 0 aliphatic rings. The molecule has 0 spiro atoms. The third-order valence-electron chi connectivity index (χ3n) is 2.57. The van der Waals surface area contributed by atoms with Gasteiger partial charge in [-0.15, -0.1) is 0 Å². The normalized spacial score (nSPS) is 13.2. The van der Waals surface area contributed by atoms with Gasteiger partial charge in [0.1, 0.15) is 11.8 Å². The van der Waals surface area contributed by atoms with Gasteiger partial charge in [-0.1, -0.05) is 15.9 Å². The second-order valence-corrected chi connectivity index (χ2v) is 4.90. The van der Waals surface area contributed by atoms with E-state index in [1.807, 2.05) is 0 Å². The van der Waals surface area contributed by atoms with Crippen LogP contribution >= 0.6 is 15.9 Å². The lowest BCUT2D eigenvalue weighted by atomic mass is 9.98. The summed E-state index contributed by atoms with van der Waals surface area (Å²) in [6.07, 6.45) is 0. The number of phenolic OH excluding ortho intramolecular Hbond substituents is 1. The van der Waals surface area contributed by atoms with E-state index in [1.165, 1.54) is 13.0 Å². The van der Waals surface area contributed by atoms with Crippen molar-refractivity contribution < 1.29 is 23.4 Å². The van der Waals surface area contributed by atoms with Crippen LogP contribution in [-0.2, 0) is 9.53 Å². The third kappa shape index (κ3) is 3.22. The Morgan fingerprint density at radius 3 is 2.68 bits per heavy atom. The van der Waals surface area contributed by atoms with Crippen LogP contribution in [0.1, 0.15) is 24.1 Å². The number of carbonyl (C=O) groups excluding carboxylic acids is 1. The number of halogens is 3. The van der Waals surface area contributed by atoms with E-state index in [4.69, 9.17) is 5.73 Å². The predicted octanol–water partition coefficient (Wildman–Crippen LogP) is 2.66. The average molecular weight is 338 g/mol. The molecule has 0 aromatic heterocycles. The first-order valence-electron chi connectivity index (χ1n) is 5.51. The Morgan fingerprint density at radius 1 is 1.58 bits per heavy atom. The molecule has 0 unspecified atom stereocenters. The van der Waals surface area contributed by atoms with Crippen LogP contribution in [-0.4, -0.2) is 23.6 Å². The average Bonchev–Trinajstić information content (AvgIpc) is 2.33. The Labute approximate surface area is 117 Å². The summed E-state index contributed by atoms with van der Waals surface area (Å²) in [6, 6.07) is 0.816. The van der Waals surface area contributed by atoms with E-state index in [2.05, 4.69) is 20.7 Å². The van der Waals surface area contributed by atoms with Crippen molar-refractivity contribution >= 4 is 21.9 Å². The summed E-state index contributed by atoms with van der Waals surface area (Å²) in [7, 11) is 0. The standard InChI is InChI=1S/C12H14BrF2NO3/c1-3-19-11(18)12(14,15)10(16)8-5-7(13)4-6(2)9(8)17/h4-5,10,17H,3,16H2,1-2H3/t10-/m0/s1. The highest BCUT2D eigenvalue weighted by Crippen LogP contribution is 2.38. The molecule has 1 rings (SSSR count). The molecule has 0 saturated heterocycles. The van der Waals surface area contributed by atoms with Crippen molar-refractivity contribution in [1.82, 2.24) is 0 Å². The van der Waals surface area contributed by atoms with Crippen molar-refractivity contribution in [1.29, 1.82) is 0 Å². The van der Waals surface area contributed by atoms with Crippen LogP contribution in [0.25, 0.3) is 0 Å². The fraction of sp³-hybridized carbons (Fsp3) is 0.417. The molecule has 0 aliphatic heterocycles. The van der Waals surface area contributed by atoms with E-state index in [0.29, 0.717) is 10.0 Å². The Bertz CT molecular complexity index is 494. The Morgan fingerprint density at radius 2 is 2.16 bits per heavy atom. The number of alkyl halides is 2. The zero-order valence-electron chi connectivity index (χ0n) is 10.4. The lowest BCUT2D eigenvalue weighted by Crippen LogP contribution is -2.41. The van der Waals surface area contributed by atoms with E-state index in [-0.39, 0.29) is 17.9 Å². The predicted molar refractivity (Wildman–Crippen MR) is 69.1 cm³/mol. The summed E-state index contributed by atoms with van der Waals surface area (Å²) in [5.74, 6) is -5.99. The fourth-order valence-electron chi connectivity index (χ4n) is 1.55. The maximum absolute atomic E-state index is 13.8. The lowest BCUT2D eigenvalue weighted by Gasteiger charge is -2.23. The number of hydrogen-bond donors (Lipinski definition) is 2. The van der Waals surface area contributed by atoms with E-state index in [1.54, 1.807) is 13.0 Å². The molecular formula is C12H14BrF2NO3. The summed E-state index contributed by atoms with van der Waals surface area (Å²) in [5, 5.41) is 9.78. The van der Waals surface area contributed by atoms with Gasteiger partial charge in [-0.2, -0.15) is 8.78 Å². The molecule has 1 atom stereocenters. The minimum atomic E-state index is -3.92. The zero-order chi connectivity index (χ0) is 14.8. The molecule has 1 aromatic carbocycles. The van der Waals surface area contributed by atoms with Gasteiger partial charge in [0.2, 0.25) is 0 Å². The first-order chi connectivity index (χ1) is 8.71. The number of rotatable bonds is 4. The Balaban J connectivity index is 3.19. The van der Waals surface area contributed by atoms with Crippen LogP contribution in [0.2, 0.25) is 0 Å². The highest BCUT2D eigenvalue weighted by Gasteiger charge is 2.48. The molecule has 4 nitrogen and oxygen atoms in total. The molecule has 0 bridgehead atoms. The van der Waals surface area contributed by atoms with Gasteiger partial charge in [-0.25, -0.2) is 4.79 Å². The summed E-state index contributed by atoms with van der Waals surface area (Å²) >= 11 is 3.12. The molecule has 3 N–H and O–H groups in total. The van der Waals surface area contributed by atoms with Crippen LogP contribution in [0, 0.1) is 6.92 Å². The van der Waals surface area contributed by atoms with E-state index < -0.39 is 17.9 Å². The van der Waals surface area contributed by atoms with Gasteiger partial charge in [-0.05, 0) is 31.5 Å². The van der Waals surface area contributed by atoms with Crippen LogP contribution in [0.4, 0.5) is 8.78 Å². The topological polar surface area (TPSA) is 72.5 Å². The fourth-order valence-corrected chi connectivity index (χ4v) is 2.14. The quantitative estimate of drug-likeness (QED) is 0.828. The summed E-state index contributed by atoms with van der Waals surface area (Å²) < 4.78 is 32.4. The zero-order valence-corrected chi connectivity index (χ0v) is 12.0. The van der Waals surface area contributed by atoms with Crippen LogP contribution in [0.15, 0.2) is 16.6 Å².